The van der Waals surface area contributed by atoms with Gasteiger partial charge in [0.1, 0.15) is 0 Å². The summed E-state index contributed by atoms with van der Waals surface area (Å²) in [5.74, 6) is 0.693. The van der Waals surface area contributed by atoms with Gasteiger partial charge in [-0.15, -0.1) is 0 Å². The molecular formula is C17H35NO3. The molecule has 1 unspecified atom stereocenters. The summed E-state index contributed by atoms with van der Waals surface area (Å²) in [5.41, 5.74) is 0. The second-order valence-electron chi connectivity index (χ2n) is 6.12. The van der Waals surface area contributed by atoms with Crippen molar-refractivity contribution in [3.8, 4) is 0 Å². The van der Waals surface area contributed by atoms with Gasteiger partial charge in [-0.3, -0.25) is 0 Å². The number of ether oxygens (including phenoxy) is 3. The van der Waals surface area contributed by atoms with E-state index < -0.39 is 0 Å². The zero-order valence-electron chi connectivity index (χ0n) is 14.1. The fourth-order valence-electron chi connectivity index (χ4n) is 2.16. The van der Waals surface area contributed by atoms with Gasteiger partial charge in [0, 0.05) is 19.3 Å². The Balaban J connectivity index is 1.71. The SMILES string of the molecule is CCCCOCCOCCOCCC(C)CNC1CCC1. The first kappa shape index (κ1) is 18.9. The third-order valence-electron chi connectivity index (χ3n) is 4.00. The van der Waals surface area contributed by atoms with Gasteiger partial charge in [-0.2, -0.15) is 0 Å². The molecule has 1 rings (SSSR count). The Morgan fingerprint density at radius 1 is 0.952 bits per heavy atom. The fourth-order valence-corrected chi connectivity index (χ4v) is 2.16. The number of rotatable bonds is 15. The van der Waals surface area contributed by atoms with Crippen molar-refractivity contribution in [2.45, 2.75) is 58.4 Å². The predicted molar refractivity (Wildman–Crippen MR) is 86.8 cm³/mol. The highest BCUT2D eigenvalue weighted by Gasteiger charge is 2.16. The number of nitrogens with one attached hydrogen (secondary N) is 1. The van der Waals surface area contributed by atoms with Crippen molar-refractivity contribution in [3.63, 3.8) is 0 Å². The molecule has 0 aromatic heterocycles. The molecule has 0 radical (unpaired) electrons. The van der Waals surface area contributed by atoms with Crippen LogP contribution >= 0.6 is 0 Å². The van der Waals surface area contributed by atoms with Gasteiger partial charge in [0.15, 0.2) is 0 Å². The molecule has 1 saturated carbocycles. The van der Waals surface area contributed by atoms with Gasteiger partial charge in [0.2, 0.25) is 0 Å². The van der Waals surface area contributed by atoms with Crippen molar-refractivity contribution in [2.75, 3.05) is 46.2 Å². The van der Waals surface area contributed by atoms with E-state index in [1.807, 2.05) is 0 Å². The average molecular weight is 301 g/mol. The number of hydrogen-bond acceptors (Lipinski definition) is 4. The van der Waals surface area contributed by atoms with Crippen molar-refractivity contribution < 1.29 is 14.2 Å². The summed E-state index contributed by atoms with van der Waals surface area (Å²) in [6.45, 7) is 10.0. The third kappa shape index (κ3) is 11.1. The van der Waals surface area contributed by atoms with Crippen LogP contribution in [-0.2, 0) is 14.2 Å². The molecule has 1 aliphatic rings. The zero-order chi connectivity index (χ0) is 15.2. The van der Waals surface area contributed by atoms with Gasteiger partial charge in [0.25, 0.3) is 0 Å². The van der Waals surface area contributed by atoms with Crippen molar-refractivity contribution >= 4 is 0 Å². The van der Waals surface area contributed by atoms with E-state index in [-0.39, 0.29) is 0 Å². The average Bonchev–Trinajstić information content (AvgIpc) is 2.43. The number of hydrogen-bond donors (Lipinski definition) is 1. The Kier molecular flexibility index (Phi) is 12.1. The van der Waals surface area contributed by atoms with E-state index in [0.29, 0.717) is 32.3 Å². The fraction of sp³-hybridized carbons (Fsp3) is 1.00. The van der Waals surface area contributed by atoms with Crippen LogP contribution in [0.1, 0.15) is 52.4 Å². The van der Waals surface area contributed by atoms with Gasteiger partial charge in [0.05, 0.1) is 26.4 Å². The Morgan fingerprint density at radius 2 is 1.57 bits per heavy atom. The maximum atomic E-state index is 5.60. The zero-order valence-corrected chi connectivity index (χ0v) is 14.1. The molecule has 0 bridgehead atoms. The summed E-state index contributed by atoms with van der Waals surface area (Å²) < 4.78 is 16.5. The molecule has 0 saturated heterocycles. The molecule has 1 atom stereocenters. The van der Waals surface area contributed by atoms with Crippen LogP contribution in [0.15, 0.2) is 0 Å². The van der Waals surface area contributed by atoms with Gasteiger partial charge in [-0.25, -0.2) is 0 Å². The first-order chi connectivity index (χ1) is 10.3. The Morgan fingerprint density at radius 3 is 2.14 bits per heavy atom. The molecule has 1 fully saturated rings. The van der Waals surface area contributed by atoms with Gasteiger partial charge < -0.3 is 19.5 Å². The summed E-state index contributed by atoms with van der Waals surface area (Å²) >= 11 is 0. The lowest BCUT2D eigenvalue weighted by Gasteiger charge is -2.28. The van der Waals surface area contributed by atoms with E-state index in [0.717, 1.165) is 38.6 Å². The molecule has 21 heavy (non-hydrogen) atoms. The molecule has 1 N–H and O–H groups in total. The molecule has 1 aliphatic carbocycles. The first-order valence-electron chi connectivity index (χ1n) is 8.79. The minimum absolute atomic E-state index is 0.672. The predicted octanol–water partition coefficient (Wildman–Crippen LogP) is 3.00. The minimum Gasteiger partial charge on any atom is -0.379 e. The minimum atomic E-state index is 0.672. The molecule has 0 amide bonds. The summed E-state index contributed by atoms with van der Waals surface area (Å²) in [7, 11) is 0. The van der Waals surface area contributed by atoms with Crippen LogP contribution in [0.3, 0.4) is 0 Å². The molecule has 0 heterocycles. The van der Waals surface area contributed by atoms with Crippen LogP contribution in [0.4, 0.5) is 0 Å². The quantitative estimate of drug-likeness (QED) is 0.472. The van der Waals surface area contributed by atoms with Gasteiger partial charge in [-0.1, -0.05) is 26.7 Å². The Hall–Kier alpha value is -0.160. The maximum absolute atomic E-state index is 5.60. The summed E-state index contributed by atoms with van der Waals surface area (Å²) in [6, 6.07) is 0.793. The van der Waals surface area contributed by atoms with Crippen molar-refractivity contribution in [3.05, 3.63) is 0 Å². The molecule has 0 aliphatic heterocycles. The normalized spacial score (nSPS) is 16.9. The smallest absolute Gasteiger partial charge is 0.0701 e. The van der Waals surface area contributed by atoms with Crippen LogP contribution in [0.5, 0.6) is 0 Å². The van der Waals surface area contributed by atoms with Crippen molar-refractivity contribution in [1.82, 2.24) is 5.32 Å². The van der Waals surface area contributed by atoms with Crippen LogP contribution in [0.25, 0.3) is 0 Å². The molecule has 4 heteroatoms. The lowest BCUT2D eigenvalue weighted by molar-refractivity contribution is 0.0120. The summed E-state index contributed by atoms with van der Waals surface area (Å²) in [6.07, 6.45) is 7.57. The van der Waals surface area contributed by atoms with E-state index in [4.69, 9.17) is 14.2 Å². The first-order valence-corrected chi connectivity index (χ1v) is 8.79. The van der Waals surface area contributed by atoms with Gasteiger partial charge in [-0.05, 0) is 38.1 Å². The maximum Gasteiger partial charge on any atom is 0.0701 e. The summed E-state index contributed by atoms with van der Waals surface area (Å²) in [5, 5.41) is 3.61. The molecule has 0 aromatic carbocycles. The van der Waals surface area contributed by atoms with E-state index in [1.54, 1.807) is 0 Å². The molecular weight excluding hydrogens is 266 g/mol. The van der Waals surface area contributed by atoms with Crippen LogP contribution in [0.2, 0.25) is 0 Å². The Bertz CT molecular complexity index is 222. The molecule has 0 aromatic rings. The third-order valence-corrected chi connectivity index (χ3v) is 4.00. The van der Waals surface area contributed by atoms with Crippen LogP contribution in [-0.4, -0.2) is 52.2 Å². The van der Waals surface area contributed by atoms with Crippen molar-refractivity contribution in [2.24, 2.45) is 5.92 Å². The standard InChI is InChI=1S/C17H35NO3/c1-3-4-9-19-11-13-21-14-12-20-10-8-16(2)15-18-17-6-5-7-17/h16-18H,3-15H2,1-2H3. The highest BCUT2D eigenvalue weighted by molar-refractivity contribution is 4.76. The number of unbranched alkanes of at least 4 members (excludes halogenated alkanes) is 1. The van der Waals surface area contributed by atoms with Crippen molar-refractivity contribution in [1.29, 1.82) is 0 Å². The molecule has 126 valence electrons. The second kappa shape index (κ2) is 13.5. The lowest BCUT2D eigenvalue weighted by atomic mass is 9.92. The van der Waals surface area contributed by atoms with E-state index in [1.165, 1.54) is 25.7 Å². The lowest BCUT2D eigenvalue weighted by Crippen LogP contribution is -2.37. The largest absolute Gasteiger partial charge is 0.379 e. The Labute approximate surface area is 130 Å². The molecule has 4 nitrogen and oxygen atoms in total. The van der Waals surface area contributed by atoms with E-state index >= 15 is 0 Å². The van der Waals surface area contributed by atoms with Crippen LogP contribution < -0.4 is 5.32 Å². The second-order valence-corrected chi connectivity index (χ2v) is 6.12. The topological polar surface area (TPSA) is 39.7 Å². The van der Waals surface area contributed by atoms with E-state index in [2.05, 4.69) is 19.2 Å². The highest BCUT2D eigenvalue weighted by Crippen LogP contribution is 2.18. The monoisotopic (exact) mass is 301 g/mol. The summed E-state index contributed by atoms with van der Waals surface area (Å²) in [4.78, 5) is 0. The van der Waals surface area contributed by atoms with Crippen LogP contribution in [0, 0.1) is 5.92 Å². The highest BCUT2D eigenvalue weighted by atomic mass is 16.5. The van der Waals surface area contributed by atoms with E-state index in [9.17, 15) is 0 Å². The molecule has 0 spiro atoms. The van der Waals surface area contributed by atoms with Gasteiger partial charge >= 0.3 is 0 Å².